The fraction of sp³-hybridized carbons (Fsp3) is 0.143. The second kappa shape index (κ2) is 8.60. The Labute approximate surface area is 187 Å². The van der Waals surface area contributed by atoms with Gasteiger partial charge in [0.1, 0.15) is 22.2 Å². The van der Waals surface area contributed by atoms with Crippen molar-refractivity contribution in [1.29, 1.82) is 0 Å². The van der Waals surface area contributed by atoms with E-state index >= 15 is 0 Å². The van der Waals surface area contributed by atoms with Crippen LogP contribution in [0.2, 0.25) is 0 Å². The maximum atomic E-state index is 13.1. The smallest absolute Gasteiger partial charge is 0.268 e. The van der Waals surface area contributed by atoms with Gasteiger partial charge in [0.25, 0.3) is 15.9 Å². The van der Waals surface area contributed by atoms with Gasteiger partial charge in [-0.2, -0.15) is 4.98 Å². The molecule has 0 spiro atoms. The first-order valence-corrected chi connectivity index (χ1v) is 11.6. The molecule has 0 saturated heterocycles. The third-order valence-corrected chi connectivity index (χ3v) is 7.18. The number of thiophene rings is 1. The molecule has 32 heavy (non-hydrogen) atoms. The average molecular weight is 476 g/mol. The van der Waals surface area contributed by atoms with Gasteiger partial charge in [0.15, 0.2) is 0 Å². The predicted molar refractivity (Wildman–Crippen MR) is 118 cm³/mol. The third-order valence-electron chi connectivity index (χ3n) is 4.50. The van der Waals surface area contributed by atoms with E-state index in [4.69, 9.17) is 14.0 Å². The van der Waals surface area contributed by atoms with Gasteiger partial charge in [0.05, 0.1) is 24.8 Å². The summed E-state index contributed by atoms with van der Waals surface area (Å²) in [5.74, 6) is 0.967. The first kappa shape index (κ1) is 21.8. The Morgan fingerprint density at radius 2 is 1.69 bits per heavy atom. The van der Waals surface area contributed by atoms with Crippen molar-refractivity contribution < 1.29 is 26.8 Å². The van der Waals surface area contributed by atoms with E-state index in [1.54, 1.807) is 25.1 Å². The normalized spacial score (nSPS) is 11.4. The Bertz CT molecular complexity index is 1340. The van der Waals surface area contributed by atoms with Gasteiger partial charge in [-0.25, -0.2) is 12.8 Å². The Morgan fingerprint density at radius 3 is 2.31 bits per heavy atom. The molecule has 11 heteroatoms. The van der Waals surface area contributed by atoms with Crippen LogP contribution in [-0.2, 0) is 10.0 Å². The zero-order valence-electron chi connectivity index (χ0n) is 17.2. The van der Waals surface area contributed by atoms with Crippen molar-refractivity contribution in [3.8, 4) is 33.7 Å². The van der Waals surface area contributed by atoms with E-state index in [0.29, 0.717) is 32.5 Å². The molecular formula is C21H18FN3O5S2. The number of anilines is 1. The van der Waals surface area contributed by atoms with Crippen LogP contribution in [0.3, 0.4) is 0 Å². The van der Waals surface area contributed by atoms with Gasteiger partial charge >= 0.3 is 0 Å². The maximum absolute atomic E-state index is 13.1. The van der Waals surface area contributed by atoms with Crippen LogP contribution in [0.1, 0.15) is 4.88 Å². The lowest BCUT2D eigenvalue weighted by Gasteiger charge is -2.11. The summed E-state index contributed by atoms with van der Waals surface area (Å²) in [7, 11) is -0.955. The number of halogens is 1. The molecule has 0 aliphatic carbocycles. The number of nitrogens with zero attached hydrogens (tertiary/aromatic N) is 2. The quantitative estimate of drug-likeness (QED) is 0.412. The van der Waals surface area contributed by atoms with Crippen molar-refractivity contribution in [3.63, 3.8) is 0 Å². The molecule has 166 valence electrons. The van der Waals surface area contributed by atoms with Crippen LogP contribution >= 0.6 is 11.3 Å². The van der Waals surface area contributed by atoms with E-state index in [9.17, 15) is 12.8 Å². The van der Waals surface area contributed by atoms with Crippen LogP contribution in [0.15, 0.2) is 57.9 Å². The molecule has 4 rings (SSSR count). The number of methoxy groups -OCH3 is 2. The highest BCUT2D eigenvalue weighted by molar-refractivity contribution is 7.93. The molecule has 2 aromatic heterocycles. The molecule has 1 N–H and O–H groups in total. The highest BCUT2D eigenvalue weighted by Gasteiger charge is 2.23. The SMILES string of the molecule is COc1cc(NS(=O)(=O)c2cc(-c3nc(-c4ccc(F)cc4)no3)sc2C)cc(OC)c1. The summed E-state index contributed by atoms with van der Waals surface area (Å²) >= 11 is 1.21. The first-order valence-electron chi connectivity index (χ1n) is 9.25. The summed E-state index contributed by atoms with van der Waals surface area (Å²) in [6.07, 6.45) is 0. The van der Waals surface area contributed by atoms with E-state index < -0.39 is 10.0 Å². The largest absolute Gasteiger partial charge is 0.497 e. The monoisotopic (exact) mass is 475 g/mol. The maximum Gasteiger partial charge on any atom is 0.268 e. The summed E-state index contributed by atoms with van der Waals surface area (Å²) in [5.41, 5.74) is 0.876. The van der Waals surface area contributed by atoms with Crippen molar-refractivity contribution in [2.45, 2.75) is 11.8 Å². The zero-order chi connectivity index (χ0) is 22.9. The minimum absolute atomic E-state index is 0.0841. The van der Waals surface area contributed by atoms with Crippen molar-refractivity contribution >= 4 is 27.0 Å². The number of hydrogen-bond donors (Lipinski definition) is 1. The Balaban J connectivity index is 1.63. The molecule has 0 amide bonds. The van der Waals surface area contributed by atoms with Gasteiger partial charge < -0.3 is 14.0 Å². The van der Waals surface area contributed by atoms with Gasteiger partial charge in [-0.15, -0.1) is 11.3 Å². The number of ether oxygens (including phenoxy) is 2. The van der Waals surface area contributed by atoms with Gasteiger partial charge in [0, 0.05) is 28.6 Å². The second-order valence-corrected chi connectivity index (χ2v) is 9.58. The number of sulfonamides is 1. The summed E-state index contributed by atoms with van der Waals surface area (Å²) in [6, 6.07) is 11.9. The number of aromatic nitrogens is 2. The van der Waals surface area contributed by atoms with Crippen molar-refractivity contribution in [2.75, 3.05) is 18.9 Å². The van der Waals surface area contributed by atoms with Gasteiger partial charge in [-0.05, 0) is 37.3 Å². The summed E-state index contributed by atoms with van der Waals surface area (Å²) < 4.78 is 57.4. The third kappa shape index (κ3) is 4.43. The van der Waals surface area contributed by atoms with E-state index in [-0.39, 0.29) is 22.4 Å². The highest BCUT2D eigenvalue weighted by atomic mass is 32.2. The molecule has 8 nitrogen and oxygen atoms in total. The summed E-state index contributed by atoms with van der Waals surface area (Å²) in [4.78, 5) is 5.43. The minimum atomic E-state index is -3.91. The molecule has 0 saturated carbocycles. The molecule has 4 aromatic rings. The van der Waals surface area contributed by atoms with E-state index in [2.05, 4.69) is 14.9 Å². The molecule has 0 aliphatic heterocycles. The van der Waals surface area contributed by atoms with Crippen LogP contribution in [0.5, 0.6) is 11.5 Å². The molecular weight excluding hydrogens is 457 g/mol. The number of aryl methyl sites for hydroxylation is 1. The van der Waals surface area contributed by atoms with Gasteiger partial charge in [0.2, 0.25) is 5.82 Å². The first-order chi connectivity index (χ1) is 15.3. The molecule has 0 unspecified atom stereocenters. The Hall–Kier alpha value is -3.44. The molecule has 0 bridgehead atoms. The van der Waals surface area contributed by atoms with Gasteiger partial charge in [-0.1, -0.05) is 5.16 Å². The number of benzene rings is 2. The fourth-order valence-electron chi connectivity index (χ4n) is 2.95. The Kier molecular flexibility index (Phi) is 5.85. The molecule has 0 aliphatic rings. The fourth-order valence-corrected chi connectivity index (χ4v) is 5.51. The number of nitrogens with one attached hydrogen (secondary N) is 1. The van der Waals surface area contributed by atoms with Crippen LogP contribution in [0.4, 0.5) is 10.1 Å². The van der Waals surface area contributed by atoms with Crippen molar-refractivity contribution in [1.82, 2.24) is 10.1 Å². The van der Waals surface area contributed by atoms with Crippen LogP contribution < -0.4 is 14.2 Å². The standard InChI is InChI=1S/C21H18FN3O5S2/c1-12-19(32(26,27)25-15-8-16(28-2)10-17(9-15)29-3)11-18(31-12)21-23-20(24-30-21)13-4-6-14(22)7-5-13/h4-11,25H,1-3H3. The summed E-state index contributed by atoms with van der Waals surface area (Å²) in [5, 5.41) is 3.90. The number of rotatable bonds is 7. The van der Waals surface area contributed by atoms with Gasteiger partial charge in [-0.3, -0.25) is 4.72 Å². The highest BCUT2D eigenvalue weighted by Crippen LogP contribution is 2.35. The van der Waals surface area contributed by atoms with Crippen molar-refractivity contribution in [3.05, 3.63) is 59.2 Å². The molecule has 2 heterocycles. The van der Waals surface area contributed by atoms with Crippen LogP contribution in [0, 0.1) is 12.7 Å². The molecule has 0 radical (unpaired) electrons. The predicted octanol–water partition coefficient (Wildman–Crippen LogP) is 4.73. The van der Waals surface area contributed by atoms with Crippen molar-refractivity contribution in [2.24, 2.45) is 0 Å². The molecule has 0 fully saturated rings. The van der Waals surface area contributed by atoms with Crippen LogP contribution in [0.25, 0.3) is 22.2 Å². The van der Waals surface area contributed by atoms with E-state index in [1.165, 1.54) is 55.9 Å². The zero-order valence-corrected chi connectivity index (χ0v) is 18.9. The second-order valence-electron chi connectivity index (χ2n) is 6.67. The number of hydrogen-bond acceptors (Lipinski definition) is 8. The Morgan fingerprint density at radius 1 is 1.03 bits per heavy atom. The lowest BCUT2D eigenvalue weighted by atomic mass is 10.2. The molecule has 2 aromatic carbocycles. The van der Waals surface area contributed by atoms with E-state index in [0.717, 1.165) is 0 Å². The average Bonchev–Trinajstić information content (AvgIpc) is 3.41. The lowest BCUT2D eigenvalue weighted by molar-refractivity contribution is 0.395. The molecule has 0 atom stereocenters. The lowest BCUT2D eigenvalue weighted by Crippen LogP contribution is -2.13. The minimum Gasteiger partial charge on any atom is -0.497 e. The van der Waals surface area contributed by atoms with Crippen LogP contribution in [-0.4, -0.2) is 32.8 Å². The van der Waals surface area contributed by atoms with E-state index in [1.807, 2.05) is 0 Å². The topological polar surface area (TPSA) is 104 Å². The summed E-state index contributed by atoms with van der Waals surface area (Å²) in [6.45, 7) is 1.69.